The maximum Gasteiger partial charge on any atom is 0.164 e. The van der Waals surface area contributed by atoms with Crippen molar-refractivity contribution in [3.63, 3.8) is 0 Å². The van der Waals surface area contributed by atoms with Crippen molar-refractivity contribution in [3.05, 3.63) is 364 Å². The molecule has 10 heteroatoms. The maximum absolute atomic E-state index is 5.16. The van der Waals surface area contributed by atoms with E-state index in [4.69, 9.17) is 29.9 Å². The van der Waals surface area contributed by atoms with Gasteiger partial charge in [0.2, 0.25) is 0 Å². The van der Waals surface area contributed by atoms with Crippen molar-refractivity contribution in [3.8, 4) is 113 Å². The van der Waals surface area contributed by atoms with E-state index in [2.05, 4.69) is 349 Å². The molecule has 0 unspecified atom stereocenters. The van der Waals surface area contributed by atoms with Gasteiger partial charge in [0.1, 0.15) is 0 Å². The molecular weight excluding hydrogens is 1330 g/mol. The van der Waals surface area contributed by atoms with Crippen LogP contribution in [0.25, 0.3) is 197 Å². The van der Waals surface area contributed by atoms with Crippen molar-refractivity contribution in [1.82, 2.24) is 39.0 Å². The third kappa shape index (κ3) is 11.3. The molecule has 0 aliphatic carbocycles. The first kappa shape index (κ1) is 62.2. The van der Waals surface area contributed by atoms with Crippen LogP contribution in [0.3, 0.4) is 0 Å². The van der Waals surface area contributed by atoms with Crippen molar-refractivity contribution in [2.45, 2.75) is 0 Å². The van der Waals surface area contributed by atoms with Crippen LogP contribution in [0, 0.1) is 0 Å². The smallest absolute Gasteiger partial charge is 0.164 e. The number of benzene rings is 15. The van der Waals surface area contributed by atoms with E-state index in [0.29, 0.717) is 34.9 Å². The normalized spacial score (nSPS) is 11.6. The number of fused-ring (bicyclic) bond motifs is 12. The second kappa shape index (κ2) is 26.3. The Bertz CT molecular complexity index is 6870. The summed E-state index contributed by atoms with van der Waals surface area (Å²) in [6.45, 7) is 0. The molecule has 6 aromatic heterocycles. The van der Waals surface area contributed by atoms with E-state index in [9.17, 15) is 0 Å². The molecule has 6 heterocycles. The van der Waals surface area contributed by atoms with Gasteiger partial charge in [-0.15, -0.1) is 22.7 Å². The maximum atomic E-state index is 5.16. The van der Waals surface area contributed by atoms with Crippen LogP contribution < -0.4 is 0 Å². The molecule has 0 bridgehead atoms. The van der Waals surface area contributed by atoms with E-state index in [-0.39, 0.29) is 0 Å². The second-order valence-electron chi connectivity index (χ2n) is 26.5. The highest BCUT2D eigenvalue weighted by molar-refractivity contribution is 7.26. The van der Waals surface area contributed by atoms with Crippen LogP contribution in [-0.4, -0.2) is 39.0 Å². The lowest BCUT2D eigenvalue weighted by Crippen LogP contribution is -2.00. The van der Waals surface area contributed by atoms with E-state index in [1.54, 1.807) is 22.7 Å². The number of para-hydroxylation sites is 4. The molecule has 0 N–H and O–H groups in total. The first-order valence-electron chi connectivity index (χ1n) is 35.5. The predicted molar refractivity (Wildman–Crippen MR) is 443 cm³/mol. The third-order valence-electron chi connectivity index (χ3n) is 20.1. The summed E-state index contributed by atoms with van der Waals surface area (Å²) in [7, 11) is 0. The van der Waals surface area contributed by atoms with Gasteiger partial charge in [-0.2, -0.15) is 0 Å². The Morgan fingerprint density at radius 3 is 0.821 bits per heavy atom. The molecule has 0 aliphatic rings. The van der Waals surface area contributed by atoms with Gasteiger partial charge in [0, 0.05) is 107 Å². The fraction of sp³-hybridized carbons (Fsp3) is 0. The van der Waals surface area contributed by atoms with Gasteiger partial charge in [-0.05, 0) is 118 Å². The molecule has 0 spiro atoms. The molecule has 15 aromatic carbocycles. The van der Waals surface area contributed by atoms with Crippen LogP contribution in [0.4, 0.5) is 0 Å². The van der Waals surface area contributed by atoms with Crippen LogP contribution in [0.2, 0.25) is 0 Å². The number of aromatic nitrogens is 8. The number of rotatable bonds is 11. The molecule has 0 radical (unpaired) electrons. The summed E-state index contributed by atoms with van der Waals surface area (Å²) in [6.07, 6.45) is 0. The lowest BCUT2D eigenvalue weighted by Gasteiger charge is -2.12. The van der Waals surface area contributed by atoms with Gasteiger partial charge < -0.3 is 9.13 Å². The van der Waals surface area contributed by atoms with Gasteiger partial charge in [-0.3, -0.25) is 0 Å². The van der Waals surface area contributed by atoms with Crippen molar-refractivity contribution in [1.29, 1.82) is 0 Å². The molecule has 0 saturated carbocycles. The van der Waals surface area contributed by atoms with Crippen LogP contribution in [-0.2, 0) is 0 Å². The molecule has 21 aromatic rings. The molecular formula is C96H60N8S2. The summed E-state index contributed by atoms with van der Waals surface area (Å²) < 4.78 is 9.70. The topological polar surface area (TPSA) is 87.2 Å². The summed E-state index contributed by atoms with van der Waals surface area (Å²) in [5.41, 5.74) is 19.5. The number of nitrogens with zero attached hydrogens (tertiary/aromatic N) is 8. The van der Waals surface area contributed by atoms with Gasteiger partial charge in [-0.25, -0.2) is 29.9 Å². The monoisotopic (exact) mass is 1390 g/mol. The standard InChI is InChI=1S/C51H32N4S.C45H28N4S/c1-2-12-33(13-3-1)34-24-26-35(27-25-34)49-52-50(54-51(53-49)39-28-29-44-43-20-6-9-23-47(43)56-48(44)32-39)38-16-10-14-36(30-38)37-15-11-17-40(31-37)55-45-21-7-4-18-41(45)42-19-5-8-22-46(42)55;1-2-12-29(13-3-1)43-46-44(48-45(47-43)33-24-25-38-37-20-6-9-23-41(37)50-42(38)28-33)32-16-10-14-30(26-32)31-15-11-17-34(27-31)49-39-21-7-4-18-35(39)36-19-5-8-22-40(36)49/h1-32H;1-28H. The van der Waals surface area contributed by atoms with Gasteiger partial charge in [0.15, 0.2) is 34.9 Å². The van der Waals surface area contributed by atoms with Crippen LogP contribution >= 0.6 is 22.7 Å². The Kier molecular flexibility index (Phi) is 15.4. The van der Waals surface area contributed by atoms with E-state index in [1.807, 2.05) is 24.3 Å². The zero-order valence-corrected chi connectivity index (χ0v) is 58.7. The molecule has 21 rings (SSSR count). The highest BCUT2D eigenvalue weighted by atomic mass is 32.1. The number of hydrogen-bond donors (Lipinski definition) is 0. The molecule has 0 aliphatic heterocycles. The Morgan fingerprint density at radius 1 is 0.160 bits per heavy atom. The quantitative estimate of drug-likeness (QED) is 0.128. The Balaban J connectivity index is 0.000000141. The summed E-state index contributed by atoms with van der Waals surface area (Å²) in [4.78, 5) is 30.6. The van der Waals surface area contributed by atoms with Crippen LogP contribution in [0.1, 0.15) is 0 Å². The Labute approximate surface area is 618 Å². The van der Waals surface area contributed by atoms with E-state index in [0.717, 1.165) is 72.6 Å². The summed E-state index contributed by atoms with van der Waals surface area (Å²) >= 11 is 3.60. The average molecular weight is 1390 g/mol. The molecule has 0 fully saturated rings. The molecule has 496 valence electrons. The van der Waals surface area contributed by atoms with Gasteiger partial charge in [0.05, 0.1) is 22.1 Å². The lowest BCUT2D eigenvalue weighted by atomic mass is 10.0. The van der Waals surface area contributed by atoms with E-state index < -0.39 is 0 Å². The highest BCUT2D eigenvalue weighted by Gasteiger charge is 2.20. The summed E-state index contributed by atoms with van der Waals surface area (Å²) in [5, 5.41) is 10.0. The van der Waals surface area contributed by atoms with Crippen molar-refractivity contribution < 1.29 is 0 Å². The molecule has 8 nitrogen and oxygen atoms in total. The minimum atomic E-state index is 0.633. The zero-order chi connectivity index (χ0) is 70.0. The minimum Gasteiger partial charge on any atom is -0.309 e. The van der Waals surface area contributed by atoms with Gasteiger partial charge >= 0.3 is 0 Å². The first-order valence-corrected chi connectivity index (χ1v) is 37.1. The third-order valence-corrected chi connectivity index (χ3v) is 22.4. The van der Waals surface area contributed by atoms with Crippen LogP contribution in [0.15, 0.2) is 364 Å². The fourth-order valence-electron chi connectivity index (χ4n) is 15.0. The van der Waals surface area contributed by atoms with E-state index in [1.165, 1.54) is 89.5 Å². The molecule has 0 saturated heterocycles. The van der Waals surface area contributed by atoms with Gasteiger partial charge in [-0.1, -0.05) is 279 Å². The molecule has 0 amide bonds. The van der Waals surface area contributed by atoms with E-state index >= 15 is 0 Å². The van der Waals surface area contributed by atoms with Crippen molar-refractivity contribution >= 4 is 107 Å². The number of thiophene rings is 2. The van der Waals surface area contributed by atoms with Crippen LogP contribution in [0.5, 0.6) is 0 Å². The number of hydrogen-bond acceptors (Lipinski definition) is 8. The summed E-state index contributed by atoms with van der Waals surface area (Å²) in [5.74, 6) is 3.88. The highest BCUT2D eigenvalue weighted by Crippen LogP contribution is 2.41. The second-order valence-corrected chi connectivity index (χ2v) is 28.7. The van der Waals surface area contributed by atoms with Crippen molar-refractivity contribution in [2.24, 2.45) is 0 Å². The Morgan fingerprint density at radius 2 is 0.415 bits per heavy atom. The predicted octanol–water partition coefficient (Wildman–Crippen LogP) is 25.7. The molecule has 106 heavy (non-hydrogen) atoms. The lowest BCUT2D eigenvalue weighted by molar-refractivity contribution is 1.07. The minimum absolute atomic E-state index is 0.633. The Hall–Kier alpha value is -13.6. The average Bonchev–Trinajstić information content (AvgIpc) is 1.58. The zero-order valence-electron chi connectivity index (χ0n) is 57.0. The molecule has 0 atom stereocenters. The largest absolute Gasteiger partial charge is 0.309 e. The SMILES string of the molecule is c1ccc(-c2ccc(-c3nc(-c4cccc(-c5cccc(-n6c7ccccc7c7ccccc76)c5)c4)nc(-c4ccc5c(c4)sc4ccccc45)n3)cc2)cc1.c1ccc(-c2nc(-c3cccc(-c4cccc(-n5c6ccccc6c6ccccc65)c4)c3)nc(-c3ccc4c(c3)sc3ccccc34)n2)cc1. The first-order chi connectivity index (χ1) is 52.5. The van der Waals surface area contributed by atoms with Gasteiger partial charge in [0.25, 0.3) is 0 Å². The fourth-order valence-corrected chi connectivity index (χ4v) is 17.3. The summed E-state index contributed by atoms with van der Waals surface area (Å²) in [6, 6.07) is 128. The van der Waals surface area contributed by atoms with Crippen molar-refractivity contribution in [2.75, 3.05) is 0 Å².